The molecule has 7 nitrogen and oxygen atoms in total. The molecule has 11 radical (unpaired) electrons. The molecule has 3 fully saturated rings. The van der Waals surface area contributed by atoms with Crippen LogP contribution in [0.15, 0.2) is 0 Å². The highest BCUT2D eigenvalue weighted by Gasteiger charge is 2.40. The molecule has 3 rings (SSSR count). The molecule has 0 saturated heterocycles. The van der Waals surface area contributed by atoms with Gasteiger partial charge < -0.3 is 25.8 Å². The van der Waals surface area contributed by atoms with Gasteiger partial charge in [-0.3, -0.25) is 4.79 Å². The number of hydrogen-bond donors (Lipinski definition) is 3. The van der Waals surface area contributed by atoms with Crippen LogP contribution in [0.3, 0.4) is 0 Å². The molecule has 2 unspecified atom stereocenters. The van der Waals surface area contributed by atoms with Crippen LogP contribution in [-0.4, -0.2) is 108 Å². The van der Waals surface area contributed by atoms with E-state index in [1.165, 1.54) is 32.7 Å². The molecule has 43 heavy (non-hydrogen) atoms. The standard InChI is InChI=1S/C11H21NOSi.C7H14N2O2.C7H12O.B9.ClH/c1-11(7-5-6-8-11)10(9-12)13-14(2,3)4;8-6(11)5(10)7(9)3-1-2-4-7;1-7(6-8)4-2-3-5-7;1-6-9(7(2)3)8(4)5;/h10H,5-8H2,1-4H3;5,10H,1-4,9H2,(H2,8,11);6H,2-5H2,1H3;;1H. The van der Waals surface area contributed by atoms with Gasteiger partial charge in [0.05, 0.1) is 11.6 Å². The number of halogens is 1. The molecule has 5 N–H and O–H groups in total. The molecule has 1 amide bonds. The van der Waals surface area contributed by atoms with Gasteiger partial charge >= 0.3 is 0 Å². The zero-order valence-corrected chi connectivity index (χ0v) is 28.9. The lowest BCUT2D eigenvalue weighted by Crippen LogP contribution is -2.55. The number of carbonyl (C=O) groups excluding carboxylic acids is 2. The van der Waals surface area contributed by atoms with Crippen LogP contribution < -0.4 is 11.5 Å². The third kappa shape index (κ3) is 16.6. The SMILES string of the molecule is CC1(C(C#N)O[Si](C)(C)C)CCCC1.CC1(C=O)CCCC1.Cl.NC(=O)C(O)C1(N)CCCC1.[B][B]B(B([B])[B])B([B])[B]. The van der Waals surface area contributed by atoms with E-state index in [1.807, 2.05) is 6.92 Å². The lowest BCUT2D eigenvalue weighted by molar-refractivity contribution is -0.129. The maximum atomic E-state index is 10.6. The summed E-state index contributed by atoms with van der Waals surface area (Å²) in [6.07, 6.45) is 11.1. The van der Waals surface area contributed by atoms with Crippen molar-refractivity contribution >= 4 is 97.8 Å². The number of aldehydes is 1. The average Bonchev–Trinajstić information content (AvgIpc) is 3.65. The molecule has 18 heteroatoms. The first kappa shape index (κ1) is 44.7. The Morgan fingerprint density at radius 1 is 0.977 bits per heavy atom. The number of rotatable bonds is 9. The number of hydrogen-bond acceptors (Lipinski definition) is 6. The van der Waals surface area contributed by atoms with Crippen molar-refractivity contribution in [3.63, 3.8) is 0 Å². The molecule has 0 spiro atoms. The fraction of sp³-hybridized carbons (Fsp3) is 0.880. The highest BCUT2D eigenvalue weighted by Crippen LogP contribution is 2.42. The number of nitrogens with zero attached hydrogens (tertiary/aromatic N) is 1. The predicted molar refractivity (Wildman–Crippen MR) is 193 cm³/mol. The van der Waals surface area contributed by atoms with Crippen LogP contribution in [0.25, 0.3) is 0 Å². The van der Waals surface area contributed by atoms with Crippen molar-refractivity contribution in [2.24, 2.45) is 22.3 Å². The first-order chi connectivity index (χ1) is 19.3. The van der Waals surface area contributed by atoms with Crippen molar-refractivity contribution in [3.05, 3.63) is 0 Å². The van der Waals surface area contributed by atoms with E-state index in [0.29, 0.717) is 12.8 Å². The lowest BCUT2D eigenvalue weighted by Gasteiger charge is -2.33. The normalized spacial score (nSPS) is 20.3. The molecule has 3 aliphatic rings. The second kappa shape index (κ2) is 20.7. The van der Waals surface area contributed by atoms with Gasteiger partial charge in [-0.05, 0) is 58.2 Å². The molecule has 0 bridgehead atoms. The van der Waals surface area contributed by atoms with Gasteiger partial charge in [0.15, 0.2) is 8.32 Å². The molecule has 0 aromatic rings. The van der Waals surface area contributed by atoms with Gasteiger partial charge in [-0.25, -0.2) is 0 Å². The van der Waals surface area contributed by atoms with E-state index >= 15 is 0 Å². The monoisotopic (exact) mass is 616 g/mol. The second-order valence-electron chi connectivity index (χ2n) is 13.7. The number of aliphatic hydroxyl groups is 1. The minimum Gasteiger partial charge on any atom is -0.402 e. The van der Waals surface area contributed by atoms with Crippen LogP contribution in [0.1, 0.15) is 90.9 Å². The Kier molecular flexibility index (Phi) is 21.5. The summed E-state index contributed by atoms with van der Waals surface area (Å²) in [5, 5.41) is 18.4. The molecular weight excluding hydrogens is 567 g/mol. The first-order valence-electron chi connectivity index (χ1n) is 15.2. The molecule has 225 valence electrons. The van der Waals surface area contributed by atoms with Gasteiger partial charge in [-0.2, -0.15) is 5.26 Å². The van der Waals surface area contributed by atoms with Gasteiger partial charge in [0.1, 0.15) is 18.5 Å². The van der Waals surface area contributed by atoms with Crippen molar-refractivity contribution in [3.8, 4) is 6.07 Å². The smallest absolute Gasteiger partial charge is 0.248 e. The van der Waals surface area contributed by atoms with Crippen molar-refractivity contribution in [1.29, 1.82) is 5.26 Å². The summed E-state index contributed by atoms with van der Waals surface area (Å²) in [5.41, 5.74) is 10.1. The van der Waals surface area contributed by atoms with Crippen LogP contribution in [-0.2, 0) is 14.0 Å². The Morgan fingerprint density at radius 2 is 1.37 bits per heavy atom. The number of carbonyl (C=O) groups is 2. The van der Waals surface area contributed by atoms with Crippen molar-refractivity contribution in [2.75, 3.05) is 0 Å². The largest absolute Gasteiger partial charge is 0.402 e. The summed E-state index contributed by atoms with van der Waals surface area (Å²) in [7, 11) is 25.9. The summed E-state index contributed by atoms with van der Waals surface area (Å²) >= 11 is 0. The quantitative estimate of drug-likeness (QED) is 0.263. The molecule has 3 saturated carbocycles. The van der Waals surface area contributed by atoms with Crippen LogP contribution in [0.5, 0.6) is 0 Å². The molecule has 0 aromatic carbocycles. The Morgan fingerprint density at radius 3 is 1.63 bits per heavy atom. The Balaban J connectivity index is 0. The van der Waals surface area contributed by atoms with Gasteiger partial charge in [-0.15, -0.1) is 12.4 Å². The Hall–Kier alpha value is -0.399. The van der Waals surface area contributed by atoms with Crippen LogP contribution in [0.4, 0.5) is 0 Å². The third-order valence-electron chi connectivity index (χ3n) is 8.46. The predicted octanol–water partition coefficient (Wildman–Crippen LogP) is 1.17. The van der Waals surface area contributed by atoms with Gasteiger partial charge in [-0.1, -0.05) is 52.4 Å². The number of nitrogens with two attached hydrogens (primary N) is 2. The molecular formula is C25H48B9ClN3O4Si. The summed E-state index contributed by atoms with van der Waals surface area (Å²) in [4.78, 5) is 20.9. The van der Waals surface area contributed by atoms with E-state index < -0.39 is 38.6 Å². The molecule has 0 aliphatic heterocycles. The first-order valence-corrected chi connectivity index (χ1v) is 18.6. The van der Waals surface area contributed by atoms with E-state index in [2.05, 4.69) is 32.6 Å². The topological polar surface area (TPSA) is 139 Å². The fourth-order valence-electron chi connectivity index (χ4n) is 5.53. The highest BCUT2D eigenvalue weighted by atomic mass is 35.5. The van der Waals surface area contributed by atoms with Crippen molar-refractivity contribution in [1.82, 2.24) is 0 Å². The Bertz CT molecular complexity index is 843. The maximum absolute atomic E-state index is 10.6. The Labute approximate surface area is 278 Å². The average molecular weight is 616 g/mol. The summed E-state index contributed by atoms with van der Waals surface area (Å²) < 4.78 is 5.95. The van der Waals surface area contributed by atoms with Crippen molar-refractivity contribution < 1.29 is 19.1 Å². The zero-order chi connectivity index (χ0) is 32.8. The van der Waals surface area contributed by atoms with Crippen LogP contribution in [0.2, 0.25) is 19.6 Å². The molecule has 3 aliphatic carbocycles. The van der Waals surface area contributed by atoms with Gasteiger partial charge in [0.25, 0.3) is 0 Å². The van der Waals surface area contributed by atoms with E-state index in [9.17, 15) is 14.7 Å². The second-order valence-corrected chi connectivity index (χ2v) is 18.2. The number of primary amides is 1. The minimum absolute atomic E-state index is 0. The maximum Gasteiger partial charge on any atom is 0.248 e. The number of aliphatic hydroxyl groups excluding tert-OH is 1. The number of amides is 1. The summed E-state index contributed by atoms with van der Waals surface area (Å²) in [6, 6.07) is 2.35. The fourth-order valence-corrected chi connectivity index (χ4v) is 6.57. The molecule has 2 atom stereocenters. The van der Waals surface area contributed by atoms with E-state index in [1.54, 1.807) is 0 Å². The number of nitriles is 1. The van der Waals surface area contributed by atoms with Gasteiger partial charge in [0, 0.05) is 75.7 Å². The summed E-state index contributed by atoms with van der Waals surface area (Å²) in [6.45, 7) is 10.7. The zero-order valence-electron chi connectivity index (χ0n) is 27.1. The third-order valence-corrected chi connectivity index (χ3v) is 9.40. The molecule has 0 heterocycles. The van der Waals surface area contributed by atoms with E-state index in [4.69, 9.17) is 59.8 Å². The summed E-state index contributed by atoms with van der Waals surface area (Å²) in [5.74, 6) is -0.714. The minimum atomic E-state index is -1.58. The van der Waals surface area contributed by atoms with E-state index in [-0.39, 0.29) is 35.7 Å². The molecule has 0 aromatic heterocycles. The lowest BCUT2D eigenvalue weighted by atomic mass is 8.64. The van der Waals surface area contributed by atoms with Crippen LogP contribution >= 0.6 is 12.4 Å². The van der Waals surface area contributed by atoms with Gasteiger partial charge in [0.2, 0.25) is 5.91 Å². The highest BCUT2D eigenvalue weighted by molar-refractivity contribution is 7.93. The van der Waals surface area contributed by atoms with Crippen LogP contribution in [0, 0.1) is 22.2 Å². The van der Waals surface area contributed by atoms with E-state index in [0.717, 1.165) is 44.8 Å². The van der Waals surface area contributed by atoms with Crippen molar-refractivity contribution in [2.45, 2.75) is 128 Å².